The fourth-order valence-electron chi connectivity index (χ4n) is 4.75. The van der Waals surface area contributed by atoms with Crippen LogP contribution in [0.3, 0.4) is 0 Å². The second-order valence-electron chi connectivity index (χ2n) is 9.27. The normalized spacial score (nSPS) is 24.6. The molecular weight excluding hydrogens is 341 g/mol. The molecule has 0 N–H and O–H groups in total. The van der Waals surface area contributed by atoms with Crippen molar-refractivity contribution in [1.82, 2.24) is 4.98 Å². The minimum absolute atomic E-state index is 0.00474. The molecule has 0 spiro atoms. The minimum atomic E-state index is -0.427. The van der Waals surface area contributed by atoms with E-state index in [-0.39, 0.29) is 17.2 Å². The van der Waals surface area contributed by atoms with Crippen LogP contribution in [0.25, 0.3) is 10.9 Å². The Labute approximate surface area is 160 Å². The first-order chi connectivity index (χ1) is 12.8. The van der Waals surface area contributed by atoms with Crippen LogP contribution < -0.4 is 0 Å². The van der Waals surface area contributed by atoms with Gasteiger partial charge >= 0.3 is 5.97 Å². The van der Waals surface area contributed by atoms with Crippen molar-refractivity contribution in [2.45, 2.75) is 70.8 Å². The topological polar surface area (TPSA) is 39.2 Å². The molecule has 4 heteroatoms. The van der Waals surface area contributed by atoms with E-state index in [1.807, 2.05) is 33.0 Å². The van der Waals surface area contributed by atoms with E-state index in [9.17, 15) is 9.18 Å². The number of ether oxygens (including phenoxy) is 1. The molecule has 2 aliphatic rings. The number of carbonyl (C=O) groups excluding carboxylic acids is 1. The molecule has 2 saturated carbocycles. The Morgan fingerprint density at radius 2 is 1.85 bits per heavy atom. The zero-order chi connectivity index (χ0) is 19.2. The van der Waals surface area contributed by atoms with E-state index in [4.69, 9.17) is 4.74 Å². The van der Waals surface area contributed by atoms with Gasteiger partial charge in [-0.15, -0.1) is 0 Å². The molecular formula is C23H28FNO2. The van der Waals surface area contributed by atoms with E-state index in [1.165, 1.54) is 11.6 Å². The monoisotopic (exact) mass is 369 g/mol. The molecule has 2 aromatic rings. The van der Waals surface area contributed by atoms with Gasteiger partial charge < -0.3 is 4.74 Å². The van der Waals surface area contributed by atoms with Crippen molar-refractivity contribution in [3.8, 4) is 0 Å². The van der Waals surface area contributed by atoms with Crippen molar-refractivity contribution >= 4 is 16.9 Å². The number of esters is 1. The van der Waals surface area contributed by atoms with Gasteiger partial charge in [0.25, 0.3) is 0 Å². The third-order valence-electron chi connectivity index (χ3n) is 6.28. The van der Waals surface area contributed by atoms with Crippen LogP contribution in [0.1, 0.15) is 70.8 Å². The van der Waals surface area contributed by atoms with Gasteiger partial charge in [-0.25, -0.2) is 4.39 Å². The summed E-state index contributed by atoms with van der Waals surface area (Å²) >= 11 is 0. The Hall–Kier alpha value is -1.97. The fourth-order valence-corrected chi connectivity index (χ4v) is 4.75. The summed E-state index contributed by atoms with van der Waals surface area (Å²) in [6.07, 6.45) is 7.87. The Bertz CT molecular complexity index is 858. The zero-order valence-corrected chi connectivity index (χ0v) is 16.4. The third-order valence-corrected chi connectivity index (χ3v) is 6.28. The van der Waals surface area contributed by atoms with E-state index in [0.717, 1.165) is 49.4 Å². The van der Waals surface area contributed by atoms with E-state index in [0.29, 0.717) is 11.8 Å². The van der Waals surface area contributed by atoms with Gasteiger partial charge in [0, 0.05) is 11.6 Å². The van der Waals surface area contributed by atoms with Crippen molar-refractivity contribution in [2.24, 2.45) is 11.3 Å². The van der Waals surface area contributed by atoms with Gasteiger partial charge in [-0.1, -0.05) is 0 Å². The van der Waals surface area contributed by atoms with Crippen LogP contribution in [-0.2, 0) is 9.53 Å². The highest BCUT2D eigenvalue weighted by atomic mass is 19.1. The molecule has 2 aliphatic carbocycles. The van der Waals surface area contributed by atoms with E-state index in [2.05, 4.69) is 4.98 Å². The number of benzene rings is 1. The lowest BCUT2D eigenvalue weighted by Crippen LogP contribution is -2.35. The lowest BCUT2D eigenvalue weighted by atomic mass is 9.72. The number of hydrogen-bond acceptors (Lipinski definition) is 3. The quantitative estimate of drug-likeness (QED) is 0.645. The average Bonchev–Trinajstić information content (AvgIpc) is 3.42. The summed E-state index contributed by atoms with van der Waals surface area (Å²) in [6.45, 7) is 5.81. The number of fused-ring (bicyclic) bond motifs is 1. The number of pyridine rings is 1. The maximum absolute atomic E-state index is 13.8. The maximum atomic E-state index is 13.8. The Kier molecular flexibility index (Phi) is 4.48. The van der Waals surface area contributed by atoms with Gasteiger partial charge in [0.2, 0.25) is 0 Å². The predicted octanol–water partition coefficient (Wildman–Crippen LogP) is 5.77. The van der Waals surface area contributed by atoms with Gasteiger partial charge in [0.05, 0.1) is 10.9 Å². The lowest BCUT2D eigenvalue weighted by molar-refractivity contribution is -0.164. The number of halogens is 1. The van der Waals surface area contributed by atoms with Gasteiger partial charge in [0.1, 0.15) is 11.4 Å². The molecule has 1 heterocycles. The van der Waals surface area contributed by atoms with E-state index in [1.54, 1.807) is 12.1 Å². The fraction of sp³-hybridized carbons (Fsp3) is 0.565. The summed E-state index contributed by atoms with van der Waals surface area (Å²) in [5, 5.41) is 0.925. The van der Waals surface area contributed by atoms with Crippen molar-refractivity contribution in [1.29, 1.82) is 0 Å². The van der Waals surface area contributed by atoms with Crippen LogP contribution in [-0.4, -0.2) is 16.6 Å². The zero-order valence-electron chi connectivity index (χ0n) is 16.4. The molecule has 2 fully saturated rings. The Morgan fingerprint density at radius 1 is 1.15 bits per heavy atom. The first-order valence-corrected chi connectivity index (χ1v) is 10.1. The minimum Gasteiger partial charge on any atom is -0.460 e. The molecule has 0 radical (unpaired) electrons. The Balaban J connectivity index is 1.49. The molecule has 0 aliphatic heterocycles. The van der Waals surface area contributed by atoms with E-state index < -0.39 is 5.60 Å². The molecule has 1 aromatic heterocycles. The molecule has 1 aromatic carbocycles. The maximum Gasteiger partial charge on any atom is 0.312 e. The Morgan fingerprint density at radius 3 is 2.48 bits per heavy atom. The van der Waals surface area contributed by atoms with Gasteiger partial charge in [-0.3, -0.25) is 9.78 Å². The summed E-state index contributed by atoms with van der Waals surface area (Å²) in [6, 6.07) is 6.86. The molecule has 0 atom stereocenters. The smallest absolute Gasteiger partial charge is 0.312 e. The molecule has 3 nitrogen and oxygen atoms in total. The molecule has 27 heavy (non-hydrogen) atoms. The number of rotatable bonds is 3. The summed E-state index contributed by atoms with van der Waals surface area (Å²) in [5.74, 6) is 0.596. The molecule has 0 amide bonds. The number of hydrogen-bond donors (Lipinski definition) is 0. The first kappa shape index (κ1) is 18.4. The first-order valence-electron chi connectivity index (χ1n) is 10.1. The predicted molar refractivity (Wildman–Crippen MR) is 104 cm³/mol. The van der Waals surface area contributed by atoms with Crippen molar-refractivity contribution in [3.63, 3.8) is 0 Å². The van der Waals surface area contributed by atoms with Crippen LogP contribution in [0.5, 0.6) is 0 Å². The summed E-state index contributed by atoms with van der Waals surface area (Å²) in [4.78, 5) is 17.1. The van der Waals surface area contributed by atoms with Crippen molar-refractivity contribution < 1.29 is 13.9 Å². The highest BCUT2D eigenvalue weighted by Crippen LogP contribution is 2.58. The van der Waals surface area contributed by atoms with Crippen LogP contribution in [0.4, 0.5) is 4.39 Å². The summed E-state index contributed by atoms with van der Waals surface area (Å²) < 4.78 is 19.5. The number of carbonyl (C=O) groups is 1. The molecule has 0 saturated heterocycles. The molecule has 0 unspecified atom stereocenters. The summed E-state index contributed by atoms with van der Waals surface area (Å²) in [5.41, 5.74) is 1.37. The van der Waals surface area contributed by atoms with Crippen molar-refractivity contribution in [3.05, 3.63) is 41.8 Å². The van der Waals surface area contributed by atoms with Crippen LogP contribution in [0.15, 0.2) is 30.5 Å². The molecule has 4 rings (SSSR count). The second kappa shape index (κ2) is 6.57. The lowest BCUT2D eigenvalue weighted by Gasteiger charge is -2.35. The SMILES string of the molecule is CC(C)(C)OC(=O)C1(C2CCC(c3ccnc4ccc(F)cc34)CC2)CC1. The standard InChI is InChI=1S/C23H28FNO2/c1-22(2,3)27-21(26)23(11-12-23)16-6-4-15(5-7-16)18-10-13-25-20-9-8-17(24)14-19(18)20/h8-10,13-16H,4-7,11-12H2,1-3H3. The van der Waals surface area contributed by atoms with Crippen LogP contribution in [0.2, 0.25) is 0 Å². The van der Waals surface area contributed by atoms with Crippen LogP contribution in [0, 0.1) is 17.2 Å². The average molecular weight is 369 g/mol. The van der Waals surface area contributed by atoms with Crippen molar-refractivity contribution in [2.75, 3.05) is 0 Å². The second-order valence-corrected chi connectivity index (χ2v) is 9.27. The highest BCUT2D eigenvalue weighted by Gasteiger charge is 2.57. The highest BCUT2D eigenvalue weighted by molar-refractivity contribution is 5.83. The van der Waals surface area contributed by atoms with Gasteiger partial charge in [0.15, 0.2) is 0 Å². The molecule has 0 bridgehead atoms. The van der Waals surface area contributed by atoms with Gasteiger partial charge in [-0.05, 0) is 101 Å². The largest absolute Gasteiger partial charge is 0.460 e. The third kappa shape index (κ3) is 3.59. The number of aromatic nitrogens is 1. The molecule has 144 valence electrons. The number of nitrogens with zero attached hydrogens (tertiary/aromatic N) is 1. The van der Waals surface area contributed by atoms with E-state index >= 15 is 0 Å². The van der Waals surface area contributed by atoms with Gasteiger partial charge in [-0.2, -0.15) is 0 Å². The summed E-state index contributed by atoms with van der Waals surface area (Å²) in [7, 11) is 0. The van der Waals surface area contributed by atoms with Crippen LogP contribution >= 0.6 is 0 Å².